The summed E-state index contributed by atoms with van der Waals surface area (Å²) in [5.74, 6) is -0.695. The maximum Gasteiger partial charge on any atom is 0.407 e. The third-order valence-corrected chi connectivity index (χ3v) is 3.98. The van der Waals surface area contributed by atoms with Gasteiger partial charge in [-0.05, 0) is 46.2 Å². The quantitative estimate of drug-likeness (QED) is 0.434. The van der Waals surface area contributed by atoms with Gasteiger partial charge in [0.05, 0.1) is 12.1 Å². The van der Waals surface area contributed by atoms with Crippen LogP contribution in [-0.2, 0) is 16.0 Å². The van der Waals surface area contributed by atoms with Crippen molar-refractivity contribution in [3.63, 3.8) is 0 Å². The molecule has 0 aliphatic carbocycles. The van der Waals surface area contributed by atoms with Gasteiger partial charge < -0.3 is 19.4 Å². The number of pyridine rings is 1. The number of alkyl carbamates (subject to hydrolysis) is 1. The highest BCUT2D eigenvalue weighted by molar-refractivity contribution is 5.95. The summed E-state index contributed by atoms with van der Waals surface area (Å²) in [5.41, 5.74) is -0.151. The van der Waals surface area contributed by atoms with Gasteiger partial charge in [-0.15, -0.1) is 0 Å². The van der Waals surface area contributed by atoms with Crippen molar-refractivity contribution < 1.29 is 23.9 Å². The first-order valence-electron chi connectivity index (χ1n) is 9.42. The predicted octanol–water partition coefficient (Wildman–Crippen LogP) is 2.91. The molecule has 8 heteroatoms. The molecular weight excluding hydrogens is 376 g/mol. The summed E-state index contributed by atoms with van der Waals surface area (Å²) in [4.78, 5) is 47.7. The van der Waals surface area contributed by atoms with Crippen LogP contribution >= 0.6 is 0 Å². The van der Waals surface area contributed by atoms with Gasteiger partial charge in [-0.3, -0.25) is 9.59 Å². The molecule has 1 amide bonds. The number of rotatable bonds is 7. The van der Waals surface area contributed by atoms with E-state index in [1.807, 2.05) is 0 Å². The monoisotopic (exact) mass is 402 g/mol. The summed E-state index contributed by atoms with van der Waals surface area (Å²) in [6, 6.07) is 4.65. The molecule has 29 heavy (non-hydrogen) atoms. The second kappa shape index (κ2) is 9.36. The largest absolute Gasteiger partial charge is 0.462 e. The Morgan fingerprint density at radius 1 is 1.24 bits per heavy atom. The fourth-order valence-electron chi connectivity index (χ4n) is 2.77. The van der Waals surface area contributed by atoms with E-state index in [1.54, 1.807) is 38.3 Å². The number of amides is 1. The molecule has 1 heterocycles. The summed E-state index contributed by atoms with van der Waals surface area (Å²) in [5, 5.41) is 2.99. The third kappa shape index (κ3) is 5.91. The lowest BCUT2D eigenvalue weighted by molar-refractivity contribution is 0.0516. The van der Waals surface area contributed by atoms with Gasteiger partial charge in [0.25, 0.3) is 0 Å². The molecule has 0 bridgehead atoms. The number of benzene rings is 1. The zero-order valence-electron chi connectivity index (χ0n) is 17.1. The molecule has 1 aromatic heterocycles. The molecule has 0 aliphatic rings. The SMILES string of the molecule is CCOC(=O)c1cn(CCCNC(=O)OC(C)(C)C)c2cc(C=O)ccc2c1=O. The first-order valence-corrected chi connectivity index (χ1v) is 9.42. The van der Waals surface area contributed by atoms with Crippen molar-refractivity contribution in [3.05, 3.63) is 45.7 Å². The summed E-state index contributed by atoms with van der Waals surface area (Å²) in [7, 11) is 0. The van der Waals surface area contributed by atoms with Crippen molar-refractivity contribution in [3.8, 4) is 0 Å². The maximum absolute atomic E-state index is 12.7. The number of carbonyl (C=O) groups excluding carboxylic acids is 3. The number of hydrogen-bond donors (Lipinski definition) is 1. The van der Waals surface area contributed by atoms with Gasteiger partial charge in [-0.2, -0.15) is 0 Å². The molecule has 1 N–H and O–H groups in total. The second-order valence-corrected chi connectivity index (χ2v) is 7.46. The predicted molar refractivity (Wildman–Crippen MR) is 108 cm³/mol. The number of nitrogens with one attached hydrogen (secondary N) is 1. The highest BCUT2D eigenvalue weighted by Crippen LogP contribution is 2.15. The molecule has 0 unspecified atom stereocenters. The number of fused-ring (bicyclic) bond motifs is 1. The van der Waals surface area contributed by atoms with Crippen molar-refractivity contribution in [2.45, 2.75) is 46.3 Å². The van der Waals surface area contributed by atoms with E-state index in [2.05, 4.69) is 5.32 Å². The van der Waals surface area contributed by atoms with E-state index in [0.29, 0.717) is 42.3 Å². The summed E-state index contributed by atoms with van der Waals surface area (Å²) < 4.78 is 11.9. The molecule has 0 atom stereocenters. The highest BCUT2D eigenvalue weighted by atomic mass is 16.6. The van der Waals surface area contributed by atoms with Crippen molar-refractivity contribution in [1.82, 2.24) is 9.88 Å². The lowest BCUT2D eigenvalue weighted by atomic mass is 10.1. The first kappa shape index (κ1) is 22.1. The Morgan fingerprint density at radius 2 is 1.97 bits per heavy atom. The van der Waals surface area contributed by atoms with Crippen LogP contribution in [0.15, 0.2) is 29.2 Å². The molecule has 2 rings (SSSR count). The molecule has 0 fully saturated rings. The molecule has 0 saturated carbocycles. The van der Waals surface area contributed by atoms with Crippen molar-refractivity contribution >= 4 is 29.3 Å². The average Bonchev–Trinajstić information content (AvgIpc) is 2.65. The lowest BCUT2D eigenvalue weighted by Gasteiger charge is -2.19. The topological polar surface area (TPSA) is 104 Å². The summed E-state index contributed by atoms with van der Waals surface area (Å²) >= 11 is 0. The second-order valence-electron chi connectivity index (χ2n) is 7.46. The minimum absolute atomic E-state index is 0.0710. The highest BCUT2D eigenvalue weighted by Gasteiger charge is 2.18. The van der Waals surface area contributed by atoms with E-state index in [0.717, 1.165) is 0 Å². The van der Waals surface area contributed by atoms with Gasteiger partial charge in [0, 0.05) is 30.2 Å². The first-order chi connectivity index (χ1) is 13.7. The number of aryl methyl sites for hydroxylation is 1. The Bertz CT molecular complexity index is 972. The van der Waals surface area contributed by atoms with Gasteiger partial charge in [-0.25, -0.2) is 9.59 Å². The number of ether oxygens (including phenoxy) is 2. The number of esters is 1. The normalized spacial score (nSPS) is 11.2. The zero-order chi connectivity index (χ0) is 21.6. The minimum Gasteiger partial charge on any atom is -0.462 e. The molecule has 0 radical (unpaired) electrons. The fourth-order valence-corrected chi connectivity index (χ4v) is 2.77. The van der Waals surface area contributed by atoms with Crippen LogP contribution in [0.25, 0.3) is 10.9 Å². The molecule has 0 aliphatic heterocycles. The molecule has 2 aromatic rings. The van der Waals surface area contributed by atoms with E-state index >= 15 is 0 Å². The number of aldehydes is 1. The van der Waals surface area contributed by atoms with Crippen LogP contribution in [0.2, 0.25) is 0 Å². The van der Waals surface area contributed by atoms with Crippen molar-refractivity contribution in [2.24, 2.45) is 0 Å². The Labute approximate surface area is 168 Å². The van der Waals surface area contributed by atoms with E-state index in [4.69, 9.17) is 9.47 Å². The minimum atomic E-state index is -0.695. The molecule has 8 nitrogen and oxygen atoms in total. The Kier molecular flexibility index (Phi) is 7.14. The van der Waals surface area contributed by atoms with Gasteiger partial charge >= 0.3 is 12.1 Å². The van der Waals surface area contributed by atoms with E-state index in [9.17, 15) is 19.2 Å². The van der Waals surface area contributed by atoms with Gasteiger partial charge in [0.2, 0.25) is 5.43 Å². The van der Waals surface area contributed by atoms with E-state index in [-0.39, 0.29) is 12.2 Å². The Balaban J connectivity index is 2.26. The van der Waals surface area contributed by atoms with Crippen LogP contribution in [0.5, 0.6) is 0 Å². The number of nitrogens with zero attached hydrogens (tertiary/aromatic N) is 1. The van der Waals surface area contributed by atoms with Crippen molar-refractivity contribution in [2.75, 3.05) is 13.2 Å². The van der Waals surface area contributed by atoms with Crippen LogP contribution in [0.4, 0.5) is 4.79 Å². The number of aromatic nitrogens is 1. The van der Waals surface area contributed by atoms with Crippen LogP contribution in [-0.4, -0.2) is 41.7 Å². The molecule has 0 spiro atoms. The number of carbonyl (C=O) groups is 3. The van der Waals surface area contributed by atoms with Crippen molar-refractivity contribution in [1.29, 1.82) is 0 Å². The fraction of sp³-hybridized carbons (Fsp3) is 0.429. The molecule has 156 valence electrons. The average molecular weight is 402 g/mol. The summed E-state index contributed by atoms with van der Waals surface area (Å²) in [6.07, 6.45) is 2.13. The lowest BCUT2D eigenvalue weighted by Crippen LogP contribution is -2.33. The van der Waals surface area contributed by atoms with Gasteiger partial charge in [0.15, 0.2) is 0 Å². The van der Waals surface area contributed by atoms with Crippen LogP contribution in [0, 0.1) is 0 Å². The zero-order valence-corrected chi connectivity index (χ0v) is 17.1. The summed E-state index contributed by atoms with van der Waals surface area (Å²) in [6.45, 7) is 7.89. The maximum atomic E-state index is 12.7. The molecule has 1 aromatic carbocycles. The standard InChI is InChI=1S/C21H26N2O6/c1-5-28-19(26)16-12-23(10-6-9-22-20(27)29-21(2,3)4)17-11-14(13-24)7-8-15(17)18(16)25/h7-8,11-13H,5-6,9-10H2,1-4H3,(H,22,27). The van der Waals surface area contributed by atoms with Gasteiger partial charge in [-0.1, -0.05) is 6.07 Å². The van der Waals surface area contributed by atoms with Crippen LogP contribution < -0.4 is 10.7 Å². The Hall–Kier alpha value is -3.16. The van der Waals surface area contributed by atoms with E-state index in [1.165, 1.54) is 18.3 Å². The van der Waals surface area contributed by atoms with Crippen LogP contribution in [0.3, 0.4) is 0 Å². The Morgan fingerprint density at radius 3 is 2.59 bits per heavy atom. The third-order valence-electron chi connectivity index (χ3n) is 3.98. The van der Waals surface area contributed by atoms with Gasteiger partial charge in [0.1, 0.15) is 17.5 Å². The molecule has 0 saturated heterocycles. The molecular formula is C21H26N2O6. The smallest absolute Gasteiger partial charge is 0.407 e. The number of hydrogen-bond acceptors (Lipinski definition) is 6. The van der Waals surface area contributed by atoms with Crippen LogP contribution in [0.1, 0.15) is 54.8 Å². The van der Waals surface area contributed by atoms with E-state index < -0.39 is 23.1 Å².